The van der Waals surface area contributed by atoms with Gasteiger partial charge in [0, 0.05) is 5.56 Å². The Bertz CT molecular complexity index is 743. The Morgan fingerprint density at radius 1 is 1.08 bits per heavy atom. The zero-order chi connectivity index (χ0) is 18.2. The van der Waals surface area contributed by atoms with Crippen LogP contribution in [0.25, 0.3) is 0 Å². The summed E-state index contributed by atoms with van der Waals surface area (Å²) in [6.45, 7) is 2.26. The molecule has 0 bridgehead atoms. The third-order valence-corrected chi connectivity index (χ3v) is 4.15. The molecule has 0 saturated carbocycles. The van der Waals surface area contributed by atoms with Gasteiger partial charge in [-0.1, -0.05) is 37.3 Å². The first kappa shape index (κ1) is 19.2. The maximum absolute atomic E-state index is 12.3. The van der Waals surface area contributed by atoms with Gasteiger partial charge in [-0.2, -0.15) is 0 Å². The van der Waals surface area contributed by atoms with Crippen LogP contribution in [0.3, 0.4) is 0 Å². The Hall–Kier alpha value is -2.09. The molecular formula is C19H19IO5. The average Bonchev–Trinajstić information content (AvgIpc) is 2.64. The number of halogens is 1. The van der Waals surface area contributed by atoms with Crippen LogP contribution in [0.2, 0.25) is 0 Å². The molecule has 2 aromatic carbocycles. The zero-order valence-corrected chi connectivity index (χ0v) is 16.2. The molecule has 2 aromatic rings. The van der Waals surface area contributed by atoms with Crippen LogP contribution in [0, 0.1) is 3.57 Å². The van der Waals surface area contributed by atoms with Gasteiger partial charge in [-0.3, -0.25) is 4.79 Å². The summed E-state index contributed by atoms with van der Waals surface area (Å²) in [5.74, 6) is 0.226. The van der Waals surface area contributed by atoms with E-state index in [-0.39, 0.29) is 12.4 Å². The topological polar surface area (TPSA) is 61.8 Å². The third kappa shape index (κ3) is 5.19. The smallest absolute Gasteiger partial charge is 0.338 e. The Labute approximate surface area is 160 Å². The fourth-order valence-electron chi connectivity index (χ4n) is 2.10. The van der Waals surface area contributed by atoms with Crippen molar-refractivity contribution in [3.63, 3.8) is 0 Å². The summed E-state index contributed by atoms with van der Waals surface area (Å²) in [4.78, 5) is 24.3. The minimum atomic E-state index is -0.581. The van der Waals surface area contributed by atoms with Crippen molar-refractivity contribution in [1.82, 2.24) is 0 Å². The first-order chi connectivity index (χ1) is 12.1. The predicted octanol–water partition coefficient (Wildman–Crippen LogP) is 4.13. The number of rotatable bonds is 8. The molecule has 0 unspecified atom stereocenters. The van der Waals surface area contributed by atoms with Crippen molar-refractivity contribution in [3.8, 4) is 11.5 Å². The molecule has 0 aliphatic carbocycles. The zero-order valence-electron chi connectivity index (χ0n) is 14.1. The maximum atomic E-state index is 12.3. The lowest BCUT2D eigenvalue weighted by atomic mass is 10.1. The number of Topliss-reactive ketones (excluding diaryl/α,β-unsaturated/α-hetero) is 1. The van der Waals surface area contributed by atoms with Gasteiger partial charge in [0.1, 0.15) is 0 Å². The van der Waals surface area contributed by atoms with Gasteiger partial charge in [0.05, 0.1) is 22.9 Å². The van der Waals surface area contributed by atoms with Crippen LogP contribution >= 0.6 is 22.6 Å². The highest BCUT2D eigenvalue weighted by atomic mass is 127. The van der Waals surface area contributed by atoms with Crippen molar-refractivity contribution in [2.75, 3.05) is 20.3 Å². The molecule has 0 radical (unpaired) electrons. The number of hydrogen-bond donors (Lipinski definition) is 0. The van der Waals surface area contributed by atoms with Crippen molar-refractivity contribution in [3.05, 3.63) is 57.2 Å². The molecule has 2 rings (SSSR count). The number of hydrogen-bond acceptors (Lipinski definition) is 5. The molecule has 5 nitrogen and oxygen atoms in total. The normalized spacial score (nSPS) is 10.2. The van der Waals surface area contributed by atoms with E-state index in [4.69, 9.17) is 14.2 Å². The van der Waals surface area contributed by atoms with Gasteiger partial charge in [-0.15, -0.1) is 0 Å². The van der Waals surface area contributed by atoms with Gasteiger partial charge in [-0.05, 0) is 41.1 Å². The number of carbonyl (C=O) groups excluding carboxylic acids is 2. The van der Waals surface area contributed by atoms with Crippen LogP contribution in [0.1, 0.15) is 34.1 Å². The minimum Gasteiger partial charge on any atom is -0.493 e. The fraction of sp³-hybridized carbons (Fsp3) is 0.263. The van der Waals surface area contributed by atoms with Gasteiger partial charge >= 0.3 is 5.97 Å². The number of carbonyl (C=O) groups is 2. The number of esters is 1. The van der Waals surface area contributed by atoms with Crippen molar-refractivity contribution in [2.24, 2.45) is 0 Å². The van der Waals surface area contributed by atoms with E-state index in [0.29, 0.717) is 29.2 Å². The molecule has 0 heterocycles. The molecule has 6 heteroatoms. The van der Waals surface area contributed by atoms with Gasteiger partial charge < -0.3 is 14.2 Å². The quantitative estimate of drug-likeness (QED) is 0.341. The number of benzene rings is 2. The number of methoxy groups -OCH3 is 1. The van der Waals surface area contributed by atoms with E-state index in [9.17, 15) is 9.59 Å². The summed E-state index contributed by atoms with van der Waals surface area (Å²) in [6, 6.07) is 11.9. The molecule has 0 aromatic heterocycles. The molecule has 0 atom stereocenters. The van der Waals surface area contributed by atoms with E-state index in [2.05, 4.69) is 22.6 Å². The first-order valence-corrected chi connectivity index (χ1v) is 8.90. The maximum Gasteiger partial charge on any atom is 0.338 e. The highest BCUT2D eigenvalue weighted by molar-refractivity contribution is 14.1. The summed E-state index contributed by atoms with van der Waals surface area (Å²) in [7, 11) is 1.51. The van der Waals surface area contributed by atoms with E-state index >= 15 is 0 Å². The average molecular weight is 454 g/mol. The molecule has 0 spiro atoms. The van der Waals surface area contributed by atoms with E-state index in [1.807, 2.05) is 13.0 Å². The predicted molar refractivity (Wildman–Crippen MR) is 103 cm³/mol. The Morgan fingerprint density at radius 2 is 1.80 bits per heavy atom. The van der Waals surface area contributed by atoms with Gasteiger partial charge in [0.2, 0.25) is 0 Å². The molecule has 132 valence electrons. The van der Waals surface area contributed by atoms with Crippen molar-refractivity contribution >= 4 is 34.3 Å². The number of ketones is 1. The summed E-state index contributed by atoms with van der Waals surface area (Å²) < 4.78 is 16.8. The van der Waals surface area contributed by atoms with Crippen LogP contribution in [0.5, 0.6) is 11.5 Å². The first-order valence-electron chi connectivity index (χ1n) is 7.82. The molecule has 0 fully saturated rings. The Morgan fingerprint density at radius 3 is 2.44 bits per heavy atom. The standard InChI is InChI=1S/C19H19IO5/c1-3-9-24-18-15(20)10-14(11-17(18)23-2)19(22)25-12-16(21)13-7-5-4-6-8-13/h4-8,10-11H,3,9,12H2,1-2H3. The summed E-state index contributed by atoms with van der Waals surface area (Å²) in [5.41, 5.74) is 0.816. The highest BCUT2D eigenvalue weighted by Gasteiger charge is 2.17. The van der Waals surface area contributed by atoms with Crippen molar-refractivity contribution in [2.45, 2.75) is 13.3 Å². The Balaban J connectivity index is 2.08. The molecule has 25 heavy (non-hydrogen) atoms. The van der Waals surface area contributed by atoms with Crippen molar-refractivity contribution in [1.29, 1.82) is 0 Å². The van der Waals surface area contributed by atoms with Crippen LogP contribution in [0.15, 0.2) is 42.5 Å². The molecule has 0 amide bonds. The SMILES string of the molecule is CCCOc1c(I)cc(C(=O)OCC(=O)c2ccccc2)cc1OC. The van der Waals surface area contributed by atoms with Crippen LogP contribution in [0.4, 0.5) is 0 Å². The van der Waals surface area contributed by atoms with Gasteiger partial charge in [0.25, 0.3) is 0 Å². The monoisotopic (exact) mass is 454 g/mol. The molecular weight excluding hydrogens is 435 g/mol. The van der Waals surface area contributed by atoms with Crippen LogP contribution in [-0.2, 0) is 4.74 Å². The van der Waals surface area contributed by atoms with E-state index < -0.39 is 5.97 Å². The fourth-order valence-corrected chi connectivity index (χ4v) is 2.86. The van der Waals surface area contributed by atoms with Crippen LogP contribution < -0.4 is 9.47 Å². The van der Waals surface area contributed by atoms with E-state index in [1.54, 1.807) is 36.4 Å². The molecule has 0 aliphatic rings. The molecule has 0 saturated heterocycles. The Kier molecular flexibility index (Phi) is 7.24. The van der Waals surface area contributed by atoms with Crippen LogP contribution in [-0.4, -0.2) is 32.1 Å². The second-order valence-corrected chi connectivity index (χ2v) is 6.37. The molecule has 0 N–H and O–H groups in total. The lowest BCUT2D eigenvalue weighted by molar-refractivity contribution is 0.0474. The second kappa shape index (κ2) is 9.41. The lowest BCUT2D eigenvalue weighted by Gasteiger charge is -2.13. The third-order valence-electron chi connectivity index (χ3n) is 3.35. The van der Waals surface area contributed by atoms with Gasteiger partial charge in [0.15, 0.2) is 23.9 Å². The minimum absolute atomic E-state index is 0.251. The number of ether oxygens (including phenoxy) is 3. The summed E-state index contributed by atoms with van der Waals surface area (Å²) >= 11 is 2.08. The molecule has 0 aliphatic heterocycles. The van der Waals surface area contributed by atoms with E-state index in [1.165, 1.54) is 7.11 Å². The van der Waals surface area contributed by atoms with Crippen molar-refractivity contribution < 1.29 is 23.8 Å². The highest BCUT2D eigenvalue weighted by Crippen LogP contribution is 2.34. The lowest BCUT2D eigenvalue weighted by Crippen LogP contribution is -2.14. The van der Waals surface area contributed by atoms with Gasteiger partial charge in [-0.25, -0.2) is 4.79 Å². The second-order valence-electron chi connectivity index (χ2n) is 5.20. The van der Waals surface area contributed by atoms with E-state index in [0.717, 1.165) is 9.99 Å². The summed E-state index contributed by atoms with van der Waals surface area (Å²) in [6.07, 6.45) is 0.866. The summed E-state index contributed by atoms with van der Waals surface area (Å²) in [5, 5.41) is 0. The largest absolute Gasteiger partial charge is 0.493 e.